The molecule has 0 spiro atoms. The summed E-state index contributed by atoms with van der Waals surface area (Å²) in [7, 11) is 0. The third-order valence-electron chi connectivity index (χ3n) is 2.10. The molecule has 0 saturated carbocycles. The maximum absolute atomic E-state index is 5.96. The summed E-state index contributed by atoms with van der Waals surface area (Å²) >= 11 is 0. The molecule has 10 heavy (non-hydrogen) atoms. The van der Waals surface area contributed by atoms with E-state index < -0.39 is 0 Å². The molecule has 0 aliphatic rings. The van der Waals surface area contributed by atoms with Gasteiger partial charge in [-0.1, -0.05) is 20.8 Å². The highest BCUT2D eigenvalue weighted by atomic mass is 14.7. The molecular weight excluding hydrogens is 122 g/mol. The van der Waals surface area contributed by atoms with Gasteiger partial charge in [0, 0.05) is 5.54 Å². The van der Waals surface area contributed by atoms with E-state index >= 15 is 0 Å². The van der Waals surface area contributed by atoms with Gasteiger partial charge in [0.2, 0.25) is 0 Å². The molecule has 0 saturated heterocycles. The van der Waals surface area contributed by atoms with Crippen LogP contribution < -0.4 is 5.73 Å². The van der Waals surface area contributed by atoms with Crippen LogP contribution in [0.3, 0.4) is 0 Å². The van der Waals surface area contributed by atoms with E-state index in [1.54, 1.807) is 0 Å². The first-order valence-electron chi connectivity index (χ1n) is 4.27. The van der Waals surface area contributed by atoms with Crippen LogP contribution in [0.25, 0.3) is 0 Å². The summed E-state index contributed by atoms with van der Waals surface area (Å²) in [5.41, 5.74) is 6.04. The lowest BCUT2D eigenvalue weighted by Gasteiger charge is -2.23. The third kappa shape index (κ3) is 4.80. The second kappa shape index (κ2) is 3.97. The van der Waals surface area contributed by atoms with Gasteiger partial charge >= 0.3 is 0 Å². The molecule has 1 heteroatoms. The van der Waals surface area contributed by atoms with Crippen molar-refractivity contribution in [3.05, 3.63) is 0 Å². The third-order valence-corrected chi connectivity index (χ3v) is 2.10. The smallest absolute Gasteiger partial charge is 0.0123 e. The first-order valence-corrected chi connectivity index (χ1v) is 4.27. The Bertz CT molecular complexity index is 84.7. The molecular formula is C9H21N. The minimum atomic E-state index is 0.0737. The molecule has 0 fully saturated rings. The SMILES string of the molecule is CCC(C)(N)CCC(C)C. The lowest BCUT2D eigenvalue weighted by atomic mass is 9.91. The van der Waals surface area contributed by atoms with Crippen molar-refractivity contribution in [2.24, 2.45) is 11.7 Å². The molecule has 0 aliphatic carbocycles. The molecule has 62 valence electrons. The summed E-state index contributed by atoms with van der Waals surface area (Å²) < 4.78 is 0. The van der Waals surface area contributed by atoms with Gasteiger partial charge in [0.1, 0.15) is 0 Å². The van der Waals surface area contributed by atoms with Crippen molar-refractivity contribution in [3.8, 4) is 0 Å². The molecule has 1 unspecified atom stereocenters. The van der Waals surface area contributed by atoms with Crippen LogP contribution in [-0.2, 0) is 0 Å². The molecule has 0 bridgehead atoms. The van der Waals surface area contributed by atoms with Crippen LogP contribution in [-0.4, -0.2) is 5.54 Å². The highest BCUT2D eigenvalue weighted by molar-refractivity contribution is 4.76. The predicted octanol–water partition coefficient (Wildman–Crippen LogP) is 2.55. The maximum atomic E-state index is 5.96. The minimum Gasteiger partial charge on any atom is -0.325 e. The maximum Gasteiger partial charge on any atom is 0.0123 e. The Morgan fingerprint density at radius 1 is 1.40 bits per heavy atom. The zero-order valence-corrected chi connectivity index (χ0v) is 7.78. The molecule has 0 aromatic carbocycles. The van der Waals surface area contributed by atoms with E-state index in [0.717, 1.165) is 18.8 Å². The Hall–Kier alpha value is -0.0400. The van der Waals surface area contributed by atoms with Crippen molar-refractivity contribution in [1.82, 2.24) is 0 Å². The van der Waals surface area contributed by atoms with Crippen LogP contribution >= 0.6 is 0 Å². The number of hydrogen-bond acceptors (Lipinski definition) is 1. The van der Waals surface area contributed by atoms with Crippen LogP contribution in [0.2, 0.25) is 0 Å². The van der Waals surface area contributed by atoms with Crippen molar-refractivity contribution in [2.45, 2.75) is 52.5 Å². The van der Waals surface area contributed by atoms with E-state index in [2.05, 4.69) is 27.7 Å². The summed E-state index contributed by atoms with van der Waals surface area (Å²) in [4.78, 5) is 0. The highest BCUT2D eigenvalue weighted by Gasteiger charge is 2.14. The molecule has 2 N–H and O–H groups in total. The van der Waals surface area contributed by atoms with Gasteiger partial charge in [-0.15, -0.1) is 0 Å². The summed E-state index contributed by atoms with van der Waals surface area (Å²) in [6.45, 7) is 8.77. The zero-order valence-electron chi connectivity index (χ0n) is 7.78. The number of hydrogen-bond donors (Lipinski definition) is 1. The Morgan fingerprint density at radius 2 is 1.90 bits per heavy atom. The minimum absolute atomic E-state index is 0.0737. The van der Waals surface area contributed by atoms with Gasteiger partial charge in [0.05, 0.1) is 0 Å². The fraction of sp³-hybridized carbons (Fsp3) is 1.00. The van der Waals surface area contributed by atoms with Crippen molar-refractivity contribution < 1.29 is 0 Å². The van der Waals surface area contributed by atoms with Gasteiger partial charge in [-0.2, -0.15) is 0 Å². The first-order chi connectivity index (χ1) is 4.48. The van der Waals surface area contributed by atoms with Crippen molar-refractivity contribution in [2.75, 3.05) is 0 Å². The fourth-order valence-electron chi connectivity index (χ4n) is 0.795. The predicted molar refractivity (Wildman–Crippen MR) is 47.0 cm³/mol. The fourth-order valence-corrected chi connectivity index (χ4v) is 0.795. The molecule has 1 atom stereocenters. The molecule has 0 aromatic heterocycles. The van der Waals surface area contributed by atoms with Gasteiger partial charge < -0.3 is 5.73 Å². The summed E-state index contributed by atoms with van der Waals surface area (Å²) in [5.74, 6) is 0.787. The van der Waals surface area contributed by atoms with Crippen LogP contribution in [0.15, 0.2) is 0 Å². The molecule has 0 radical (unpaired) electrons. The van der Waals surface area contributed by atoms with Crippen LogP contribution in [0.1, 0.15) is 47.0 Å². The lowest BCUT2D eigenvalue weighted by Crippen LogP contribution is -2.35. The van der Waals surface area contributed by atoms with E-state index in [-0.39, 0.29) is 5.54 Å². The second-order valence-corrected chi connectivity index (χ2v) is 3.94. The Morgan fingerprint density at radius 3 is 2.20 bits per heavy atom. The Balaban J connectivity index is 3.46. The van der Waals surface area contributed by atoms with Crippen molar-refractivity contribution >= 4 is 0 Å². The van der Waals surface area contributed by atoms with E-state index in [1.807, 2.05) is 0 Å². The van der Waals surface area contributed by atoms with E-state index in [1.165, 1.54) is 6.42 Å². The highest BCUT2D eigenvalue weighted by Crippen LogP contribution is 2.16. The van der Waals surface area contributed by atoms with Gasteiger partial charge in [0.15, 0.2) is 0 Å². The van der Waals surface area contributed by atoms with Crippen LogP contribution in [0, 0.1) is 5.92 Å². The molecule has 0 heterocycles. The summed E-state index contributed by atoms with van der Waals surface area (Å²) in [6.07, 6.45) is 3.49. The normalized spacial score (nSPS) is 17.4. The van der Waals surface area contributed by atoms with Gasteiger partial charge in [-0.3, -0.25) is 0 Å². The molecule has 0 aromatic rings. The Kier molecular flexibility index (Phi) is 3.95. The summed E-state index contributed by atoms with van der Waals surface area (Å²) in [5, 5.41) is 0. The van der Waals surface area contributed by atoms with Crippen LogP contribution in [0.4, 0.5) is 0 Å². The monoisotopic (exact) mass is 143 g/mol. The standard InChI is InChI=1S/C9H21N/c1-5-9(4,10)7-6-8(2)3/h8H,5-7,10H2,1-4H3. The largest absolute Gasteiger partial charge is 0.325 e. The molecule has 0 amide bonds. The zero-order chi connectivity index (χ0) is 8.20. The quantitative estimate of drug-likeness (QED) is 0.643. The van der Waals surface area contributed by atoms with E-state index in [0.29, 0.717) is 0 Å². The average Bonchev–Trinajstić information content (AvgIpc) is 1.85. The number of nitrogens with two attached hydrogens (primary N) is 1. The average molecular weight is 143 g/mol. The van der Waals surface area contributed by atoms with Crippen LogP contribution in [0.5, 0.6) is 0 Å². The lowest BCUT2D eigenvalue weighted by molar-refractivity contribution is 0.374. The first kappa shape index (κ1) is 9.96. The molecule has 0 rings (SSSR count). The van der Waals surface area contributed by atoms with Crippen molar-refractivity contribution in [1.29, 1.82) is 0 Å². The van der Waals surface area contributed by atoms with E-state index in [9.17, 15) is 0 Å². The molecule has 0 aliphatic heterocycles. The summed E-state index contributed by atoms with van der Waals surface area (Å²) in [6, 6.07) is 0. The van der Waals surface area contributed by atoms with Crippen molar-refractivity contribution in [3.63, 3.8) is 0 Å². The van der Waals surface area contributed by atoms with Gasteiger partial charge in [-0.05, 0) is 32.1 Å². The van der Waals surface area contributed by atoms with Gasteiger partial charge in [-0.25, -0.2) is 0 Å². The van der Waals surface area contributed by atoms with E-state index in [4.69, 9.17) is 5.73 Å². The second-order valence-electron chi connectivity index (χ2n) is 3.94. The number of rotatable bonds is 4. The Labute approximate surface area is 65.0 Å². The topological polar surface area (TPSA) is 26.0 Å². The van der Waals surface area contributed by atoms with Gasteiger partial charge in [0.25, 0.3) is 0 Å². The molecule has 1 nitrogen and oxygen atoms in total.